The van der Waals surface area contributed by atoms with Crippen LogP contribution >= 0.6 is 15.9 Å². The molecule has 2 aliphatic rings. The highest BCUT2D eigenvalue weighted by Crippen LogP contribution is 2.36. The minimum atomic E-state index is -0.113. The van der Waals surface area contributed by atoms with Crippen LogP contribution in [0.4, 0.5) is 10.1 Å². The molecule has 2 fully saturated rings. The Morgan fingerprint density at radius 2 is 2.21 bits per heavy atom. The largest absolute Gasteiger partial charge is 0.363 e. The van der Waals surface area contributed by atoms with Gasteiger partial charge in [0.25, 0.3) is 0 Å². The third-order valence-electron chi connectivity index (χ3n) is 4.33. The Morgan fingerprint density at radius 3 is 2.89 bits per heavy atom. The molecule has 0 spiro atoms. The quantitative estimate of drug-likeness (QED) is 0.913. The van der Waals surface area contributed by atoms with Crippen LogP contribution in [0.25, 0.3) is 0 Å². The van der Waals surface area contributed by atoms with Crippen molar-refractivity contribution < 1.29 is 4.39 Å². The number of piperazine rings is 1. The molecular formula is C15H20BrFN2. The highest BCUT2D eigenvalue weighted by atomic mass is 79.9. The zero-order valence-corrected chi connectivity index (χ0v) is 12.8. The van der Waals surface area contributed by atoms with Crippen molar-refractivity contribution in [3.05, 3.63) is 28.5 Å². The van der Waals surface area contributed by atoms with Crippen molar-refractivity contribution in [3.8, 4) is 0 Å². The Hall–Kier alpha value is -0.610. The predicted octanol–water partition coefficient (Wildman–Crippen LogP) is 3.56. The van der Waals surface area contributed by atoms with Crippen LogP contribution in [0.15, 0.2) is 22.7 Å². The lowest BCUT2D eigenvalue weighted by Gasteiger charge is -2.42. The topological polar surface area (TPSA) is 15.3 Å². The number of halogens is 2. The fourth-order valence-corrected chi connectivity index (χ4v) is 3.35. The van der Waals surface area contributed by atoms with E-state index in [0.29, 0.717) is 12.1 Å². The van der Waals surface area contributed by atoms with E-state index in [9.17, 15) is 4.39 Å². The number of nitrogens with one attached hydrogen (secondary N) is 1. The van der Waals surface area contributed by atoms with Gasteiger partial charge >= 0.3 is 0 Å². The molecule has 2 atom stereocenters. The predicted molar refractivity (Wildman–Crippen MR) is 80.0 cm³/mol. The third kappa shape index (κ3) is 2.79. The van der Waals surface area contributed by atoms with E-state index in [0.717, 1.165) is 35.6 Å². The molecule has 2 unspecified atom stereocenters. The molecule has 1 N–H and O–H groups in total. The highest BCUT2D eigenvalue weighted by Gasteiger charge is 2.37. The zero-order chi connectivity index (χ0) is 13.4. The van der Waals surface area contributed by atoms with E-state index in [1.54, 1.807) is 12.1 Å². The van der Waals surface area contributed by atoms with Crippen molar-refractivity contribution in [3.63, 3.8) is 0 Å². The molecule has 1 heterocycles. The van der Waals surface area contributed by atoms with E-state index in [2.05, 4.69) is 33.1 Å². The van der Waals surface area contributed by atoms with E-state index in [4.69, 9.17) is 0 Å². The van der Waals surface area contributed by atoms with Crippen LogP contribution in [0.5, 0.6) is 0 Å². The lowest BCUT2D eigenvalue weighted by Crippen LogP contribution is -2.57. The lowest BCUT2D eigenvalue weighted by molar-refractivity contribution is 0.357. The fourth-order valence-electron chi connectivity index (χ4n) is 3.00. The average molecular weight is 327 g/mol. The first-order chi connectivity index (χ1) is 9.19. The van der Waals surface area contributed by atoms with E-state index in [1.807, 2.05) is 6.07 Å². The summed E-state index contributed by atoms with van der Waals surface area (Å²) in [6.07, 6.45) is 3.68. The molecule has 1 aliphatic heterocycles. The molecule has 104 valence electrons. The maximum absolute atomic E-state index is 14.1. The van der Waals surface area contributed by atoms with Gasteiger partial charge < -0.3 is 10.2 Å². The maximum atomic E-state index is 14.1. The van der Waals surface area contributed by atoms with Gasteiger partial charge in [0.05, 0.1) is 5.69 Å². The first-order valence-electron chi connectivity index (χ1n) is 7.14. The summed E-state index contributed by atoms with van der Waals surface area (Å²) in [6, 6.07) is 6.15. The second kappa shape index (κ2) is 5.41. The average Bonchev–Trinajstić information content (AvgIpc) is 3.25. The maximum Gasteiger partial charge on any atom is 0.146 e. The van der Waals surface area contributed by atoms with Gasteiger partial charge in [0.1, 0.15) is 5.82 Å². The Morgan fingerprint density at radius 1 is 1.42 bits per heavy atom. The van der Waals surface area contributed by atoms with Crippen LogP contribution in [0.3, 0.4) is 0 Å². The molecule has 2 nitrogen and oxygen atoms in total. The molecule has 1 aliphatic carbocycles. The van der Waals surface area contributed by atoms with Crippen LogP contribution in [0.2, 0.25) is 0 Å². The molecule has 3 rings (SSSR count). The summed E-state index contributed by atoms with van der Waals surface area (Å²) >= 11 is 3.45. The minimum Gasteiger partial charge on any atom is -0.363 e. The van der Waals surface area contributed by atoms with Gasteiger partial charge in [-0.2, -0.15) is 0 Å². The van der Waals surface area contributed by atoms with Crippen LogP contribution in [-0.4, -0.2) is 25.2 Å². The molecule has 1 aromatic carbocycles. The molecule has 4 heteroatoms. The van der Waals surface area contributed by atoms with Crippen molar-refractivity contribution in [2.45, 2.75) is 38.3 Å². The summed E-state index contributed by atoms with van der Waals surface area (Å²) < 4.78 is 15.1. The smallest absolute Gasteiger partial charge is 0.146 e. The minimum absolute atomic E-state index is 0.113. The van der Waals surface area contributed by atoms with E-state index in [1.165, 1.54) is 12.8 Å². The number of hydrogen-bond acceptors (Lipinski definition) is 2. The first-order valence-corrected chi connectivity index (χ1v) is 7.93. The summed E-state index contributed by atoms with van der Waals surface area (Å²) in [4.78, 5) is 2.26. The third-order valence-corrected chi connectivity index (χ3v) is 4.82. The normalized spacial score (nSPS) is 27.6. The van der Waals surface area contributed by atoms with Gasteiger partial charge in [-0.05, 0) is 43.4 Å². The van der Waals surface area contributed by atoms with Gasteiger partial charge in [-0.25, -0.2) is 4.39 Å². The van der Waals surface area contributed by atoms with Crippen LogP contribution in [0, 0.1) is 11.7 Å². The van der Waals surface area contributed by atoms with Crippen LogP contribution in [-0.2, 0) is 0 Å². The van der Waals surface area contributed by atoms with Crippen molar-refractivity contribution >= 4 is 21.6 Å². The SMILES string of the molecule is CCC1CNC(C2CC2)CN1c1cc(Br)ccc1F. The van der Waals surface area contributed by atoms with E-state index in [-0.39, 0.29) is 5.82 Å². The van der Waals surface area contributed by atoms with Gasteiger partial charge in [-0.15, -0.1) is 0 Å². The summed E-state index contributed by atoms with van der Waals surface area (Å²) in [6.45, 7) is 4.06. The van der Waals surface area contributed by atoms with Crippen molar-refractivity contribution in [2.24, 2.45) is 5.92 Å². The highest BCUT2D eigenvalue weighted by molar-refractivity contribution is 9.10. The lowest BCUT2D eigenvalue weighted by atomic mass is 10.0. The van der Waals surface area contributed by atoms with Crippen LogP contribution < -0.4 is 10.2 Å². The van der Waals surface area contributed by atoms with Gasteiger partial charge in [-0.1, -0.05) is 22.9 Å². The summed E-state index contributed by atoms with van der Waals surface area (Å²) in [5, 5.41) is 3.64. The molecule has 19 heavy (non-hydrogen) atoms. The Kier molecular flexibility index (Phi) is 3.81. The molecule has 0 aromatic heterocycles. The monoisotopic (exact) mass is 326 g/mol. The summed E-state index contributed by atoms with van der Waals surface area (Å²) in [7, 11) is 0. The van der Waals surface area contributed by atoms with Gasteiger partial charge in [-0.3, -0.25) is 0 Å². The fraction of sp³-hybridized carbons (Fsp3) is 0.600. The number of anilines is 1. The standard InChI is InChI=1S/C15H20BrFN2/c1-2-12-8-18-14(10-3-4-10)9-19(12)15-7-11(16)5-6-13(15)17/h5-7,10,12,14,18H,2-4,8-9H2,1H3. The molecule has 0 amide bonds. The molecule has 0 radical (unpaired) electrons. The molecular weight excluding hydrogens is 307 g/mol. The van der Waals surface area contributed by atoms with Gasteiger partial charge in [0, 0.05) is 29.6 Å². The molecule has 0 bridgehead atoms. The molecule has 1 aromatic rings. The number of rotatable bonds is 3. The van der Waals surface area contributed by atoms with E-state index < -0.39 is 0 Å². The Labute approximate surface area is 122 Å². The second-order valence-corrected chi connectivity index (χ2v) is 6.58. The number of benzene rings is 1. The van der Waals surface area contributed by atoms with Gasteiger partial charge in [0.15, 0.2) is 0 Å². The van der Waals surface area contributed by atoms with Crippen molar-refractivity contribution in [1.82, 2.24) is 5.32 Å². The summed E-state index contributed by atoms with van der Waals surface area (Å²) in [5.41, 5.74) is 0.744. The molecule has 1 saturated heterocycles. The van der Waals surface area contributed by atoms with Crippen LogP contribution in [0.1, 0.15) is 26.2 Å². The Bertz CT molecular complexity index is 461. The first kappa shape index (κ1) is 13.4. The zero-order valence-electron chi connectivity index (χ0n) is 11.2. The van der Waals surface area contributed by atoms with Gasteiger partial charge in [0.2, 0.25) is 0 Å². The Balaban J connectivity index is 1.87. The number of nitrogens with zero attached hydrogens (tertiary/aromatic N) is 1. The van der Waals surface area contributed by atoms with Crippen molar-refractivity contribution in [1.29, 1.82) is 0 Å². The molecule has 1 saturated carbocycles. The van der Waals surface area contributed by atoms with E-state index >= 15 is 0 Å². The number of hydrogen-bond donors (Lipinski definition) is 1. The summed E-state index contributed by atoms with van der Waals surface area (Å²) in [5.74, 6) is 0.689. The van der Waals surface area contributed by atoms with Crippen molar-refractivity contribution in [2.75, 3.05) is 18.0 Å². The second-order valence-electron chi connectivity index (χ2n) is 5.66.